The summed E-state index contributed by atoms with van der Waals surface area (Å²) in [7, 11) is 0. The van der Waals surface area contributed by atoms with Crippen LogP contribution in [0.15, 0.2) is 33.9 Å². The number of hydrogen-bond donors (Lipinski definition) is 1. The van der Waals surface area contributed by atoms with Crippen LogP contribution >= 0.6 is 22.9 Å². The SMILES string of the molecule is CCN(CC)CCn1c(=O)[nH]c2sc(C)c(-c3ccc(Cl)cc3)c2c1=O. The van der Waals surface area contributed by atoms with Gasteiger partial charge in [0.05, 0.1) is 5.39 Å². The standard InChI is InChI=1S/C19H22ClN3O2S/c1-4-22(5-2)10-11-23-18(24)16-15(13-6-8-14(20)9-7-13)12(3)26-17(16)21-19(23)25/h6-9H,4-5,10-11H2,1-3H3,(H,21,25). The van der Waals surface area contributed by atoms with Crippen molar-refractivity contribution >= 4 is 33.2 Å². The van der Waals surface area contributed by atoms with Gasteiger partial charge < -0.3 is 4.90 Å². The largest absolute Gasteiger partial charge is 0.329 e. The lowest BCUT2D eigenvalue weighted by atomic mass is 10.0. The fourth-order valence-electron chi connectivity index (χ4n) is 3.18. The molecule has 0 fully saturated rings. The molecule has 3 aromatic rings. The molecular formula is C19H22ClN3O2S. The van der Waals surface area contributed by atoms with E-state index in [2.05, 4.69) is 23.7 Å². The predicted octanol–water partition coefficient (Wildman–Crippen LogP) is 3.72. The van der Waals surface area contributed by atoms with Gasteiger partial charge in [-0.05, 0) is 37.7 Å². The van der Waals surface area contributed by atoms with Crippen LogP contribution in [0.4, 0.5) is 0 Å². The van der Waals surface area contributed by atoms with Crippen molar-refractivity contribution in [2.45, 2.75) is 27.3 Å². The molecule has 138 valence electrons. The highest BCUT2D eigenvalue weighted by molar-refractivity contribution is 7.19. The number of nitrogens with one attached hydrogen (secondary N) is 1. The molecule has 0 atom stereocenters. The van der Waals surface area contributed by atoms with E-state index < -0.39 is 0 Å². The van der Waals surface area contributed by atoms with Crippen molar-refractivity contribution in [2.75, 3.05) is 19.6 Å². The lowest BCUT2D eigenvalue weighted by Crippen LogP contribution is -2.39. The molecule has 7 heteroatoms. The van der Waals surface area contributed by atoms with Gasteiger partial charge in [0.25, 0.3) is 5.56 Å². The van der Waals surface area contributed by atoms with E-state index in [1.807, 2.05) is 31.2 Å². The summed E-state index contributed by atoms with van der Waals surface area (Å²) in [6.07, 6.45) is 0. The summed E-state index contributed by atoms with van der Waals surface area (Å²) < 4.78 is 1.31. The Bertz CT molecular complexity index is 1030. The maximum absolute atomic E-state index is 13.1. The Hall–Kier alpha value is -1.89. The van der Waals surface area contributed by atoms with Crippen molar-refractivity contribution in [2.24, 2.45) is 0 Å². The predicted molar refractivity (Wildman–Crippen MR) is 110 cm³/mol. The van der Waals surface area contributed by atoms with Crippen molar-refractivity contribution in [3.05, 3.63) is 55.0 Å². The second-order valence-electron chi connectivity index (χ2n) is 6.16. The number of thiophene rings is 1. The van der Waals surface area contributed by atoms with E-state index in [4.69, 9.17) is 11.6 Å². The third kappa shape index (κ3) is 3.49. The van der Waals surface area contributed by atoms with Gasteiger partial charge in [0.2, 0.25) is 0 Å². The van der Waals surface area contributed by atoms with Crippen LogP contribution in [-0.2, 0) is 6.54 Å². The highest BCUT2D eigenvalue weighted by Gasteiger charge is 2.18. The molecule has 5 nitrogen and oxygen atoms in total. The lowest BCUT2D eigenvalue weighted by Gasteiger charge is -2.18. The number of aromatic nitrogens is 2. The van der Waals surface area contributed by atoms with E-state index in [0.717, 1.165) is 29.1 Å². The Morgan fingerprint density at radius 3 is 2.42 bits per heavy atom. The number of H-pyrrole nitrogens is 1. The van der Waals surface area contributed by atoms with E-state index in [1.165, 1.54) is 15.9 Å². The fourth-order valence-corrected chi connectivity index (χ4v) is 4.36. The first kappa shape index (κ1) is 18.9. The maximum atomic E-state index is 13.1. The number of aryl methyl sites for hydroxylation is 1. The molecule has 0 amide bonds. The van der Waals surface area contributed by atoms with Gasteiger partial charge in [-0.25, -0.2) is 4.79 Å². The summed E-state index contributed by atoms with van der Waals surface area (Å²) in [6.45, 7) is 8.92. The van der Waals surface area contributed by atoms with Crippen LogP contribution in [0, 0.1) is 6.92 Å². The van der Waals surface area contributed by atoms with E-state index >= 15 is 0 Å². The van der Waals surface area contributed by atoms with Crippen LogP contribution in [0.5, 0.6) is 0 Å². The smallest absolute Gasteiger partial charge is 0.302 e. The van der Waals surface area contributed by atoms with Crippen LogP contribution in [0.1, 0.15) is 18.7 Å². The molecule has 0 aliphatic rings. The number of fused-ring (bicyclic) bond motifs is 1. The summed E-state index contributed by atoms with van der Waals surface area (Å²) in [4.78, 5) is 32.2. The molecule has 0 spiro atoms. The molecular weight excluding hydrogens is 370 g/mol. The summed E-state index contributed by atoms with van der Waals surface area (Å²) in [5.74, 6) is 0. The molecule has 0 bridgehead atoms. The second kappa shape index (κ2) is 7.78. The number of benzene rings is 1. The topological polar surface area (TPSA) is 58.1 Å². The zero-order valence-corrected chi connectivity index (χ0v) is 16.7. The van der Waals surface area contributed by atoms with Gasteiger partial charge in [-0.1, -0.05) is 37.6 Å². The zero-order chi connectivity index (χ0) is 18.8. The van der Waals surface area contributed by atoms with Gasteiger partial charge in [-0.2, -0.15) is 0 Å². The van der Waals surface area contributed by atoms with Crippen molar-refractivity contribution in [1.29, 1.82) is 0 Å². The molecule has 2 aromatic heterocycles. The summed E-state index contributed by atoms with van der Waals surface area (Å²) in [5, 5.41) is 1.23. The van der Waals surface area contributed by atoms with E-state index in [1.54, 1.807) is 0 Å². The summed E-state index contributed by atoms with van der Waals surface area (Å²) in [6, 6.07) is 7.43. The number of nitrogens with zero attached hydrogens (tertiary/aromatic N) is 2. The zero-order valence-electron chi connectivity index (χ0n) is 15.1. The third-order valence-electron chi connectivity index (χ3n) is 4.68. The highest BCUT2D eigenvalue weighted by atomic mass is 35.5. The molecule has 3 rings (SSSR count). The molecule has 1 N–H and O–H groups in total. The Morgan fingerprint density at radius 1 is 1.15 bits per heavy atom. The fraction of sp³-hybridized carbons (Fsp3) is 0.368. The first-order valence-corrected chi connectivity index (χ1v) is 9.90. The number of halogens is 1. The monoisotopic (exact) mass is 391 g/mol. The van der Waals surface area contributed by atoms with Gasteiger partial charge in [0, 0.05) is 28.6 Å². The molecule has 0 saturated heterocycles. The van der Waals surface area contributed by atoms with Gasteiger partial charge in [0.15, 0.2) is 0 Å². The van der Waals surface area contributed by atoms with E-state index in [-0.39, 0.29) is 11.2 Å². The minimum atomic E-state index is -0.349. The molecule has 0 aliphatic carbocycles. The average molecular weight is 392 g/mol. The molecule has 0 unspecified atom stereocenters. The average Bonchev–Trinajstić information content (AvgIpc) is 2.94. The van der Waals surface area contributed by atoms with Crippen LogP contribution in [0.2, 0.25) is 5.02 Å². The van der Waals surface area contributed by atoms with Gasteiger partial charge in [0.1, 0.15) is 4.83 Å². The number of rotatable bonds is 6. The summed E-state index contributed by atoms with van der Waals surface area (Å²) in [5.41, 5.74) is 1.22. The molecule has 0 radical (unpaired) electrons. The number of likely N-dealkylation sites (N-methyl/N-ethyl adjacent to an activating group) is 1. The minimum absolute atomic E-state index is 0.231. The summed E-state index contributed by atoms with van der Waals surface area (Å²) >= 11 is 7.43. The number of hydrogen-bond acceptors (Lipinski definition) is 4. The second-order valence-corrected chi connectivity index (χ2v) is 7.82. The molecule has 26 heavy (non-hydrogen) atoms. The van der Waals surface area contributed by atoms with Gasteiger partial charge in [-0.15, -0.1) is 11.3 Å². The molecule has 0 aliphatic heterocycles. The van der Waals surface area contributed by atoms with E-state index in [9.17, 15) is 9.59 Å². The van der Waals surface area contributed by atoms with Crippen molar-refractivity contribution < 1.29 is 0 Å². The van der Waals surface area contributed by atoms with Crippen LogP contribution in [-0.4, -0.2) is 34.1 Å². The molecule has 2 heterocycles. The first-order valence-electron chi connectivity index (χ1n) is 8.70. The van der Waals surface area contributed by atoms with Crippen molar-refractivity contribution in [1.82, 2.24) is 14.5 Å². The normalized spacial score (nSPS) is 11.6. The minimum Gasteiger partial charge on any atom is -0.302 e. The van der Waals surface area contributed by atoms with Gasteiger partial charge >= 0.3 is 5.69 Å². The van der Waals surface area contributed by atoms with Crippen molar-refractivity contribution in [3.8, 4) is 11.1 Å². The quantitative estimate of drug-likeness (QED) is 0.696. The molecule has 0 saturated carbocycles. The van der Waals surface area contributed by atoms with Crippen LogP contribution in [0.25, 0.3) is 21.3 Å². The lowest BCUT2D eigenvalue weighted by molar-refractivity contribution is 0.287. The highest BCUT2D eigenvalue weighted by Crippen LogP contribution is 2.35. The number of aromatic amines is 1. The van der Waals surface area contributed by atoms with Crippen molar-refractivity contribution in [3.63, 3.8) is 0 Å². The maximum Gasteiger partial charge on any atom is 0.329 e. The molecule has 1 aromatic carbocycles. The Morgan fingerprint density at radius 2 is 1.81 bits per heavy atom. The Labute approximate surface area is 160 Å². The van der Waals surface area contributed by atoms with Gasteiger partial charge in [-0.3, -0.25) is 14.3 Å². The van der Waals surface area contributed by atoms with Crippen LogP contribution < -0.4 is 11.2 Å². The van der Waals surface area contributed by atoms with Crippen LogP contribution in [0.3, 0.4) is 0 Å². The van der Waals surface area contributed by atoms with E-state index in [0.29, 0.717) is 28.3 Å². The third-order valence-corrected chi connectivity index (χ3v) is 5.95. The Balaban J connectivity index is 2.15. The first-order chi connectivity index (χ1) is 12.5. The Kier molecular flexibility index (Phi) is 5.65.